The van der Waals surface area contributed by atoms with Crippen molar-refractivity contribution in [2.45, 2.75) is 18.6 Å². The van der Waals surface area contributed by atoms with E-state index < -0.39 is 14.6 Å². The molecule has 0 spiro atoms. The van der Waals surface area contributed by atoms with Gasteiger partial charge < -0.3 is 4.90 Å². The van der Waals surface area contributed by atoms with Crippen LogP contribution in [-0.4, -0.2) is 73.7 Å². The molecule has 1 saturated heterocycles. The van der Waals surface area contributed by atoms with Gasteiger partial charge in [0.05, 0.1) is 0 Å². The summed E-state index contributed by atoms with van der Waals surface area (Å²) in [5, 5.41) is 0. The quantitative estimate of drug-likeness (QED) is 0.695. The molecule has 0 aromatic rings. The molecular formula is C11H21ClN2O3S. The van der Waals surface area contributed by atoms with Crippen molar-refractivity contribution < 1.29 is 13.2 Å². The Morgan fingerprint density at radius 1 is 1.22 bits per heavy atom. The van der Waals surface area contributed by atoms with Crippen LogP contribution in [0.3, 0.4) is 0 Å². The Kier molecular flexibility index (Phi) is 5.03. The topological polar surface area (TPSA) is 57.7 Å². The molecule has 0 saturated carbocycles. The van der Waals surface area contributed by atoms with Crippen molar-refractivity contribution in [2.24, 2.45) is 0 Å². The van der Waals surface area contributed by atoms with Crippen LogP contribution in [0.25, 0.3) is 0 Å². The fraction of sp³-hybridized carbons (Fsp3) is 0.909. The highest BCUT2D eigenvalue weighted by Gasteiger charge is 2.41. The lowest BCUT2D eigenvalue weighted by atomic mass is 10.1. The molecule has 1 rings (SSSR count). The van der Waals surface area contributed by atoms with Crippen molar-refractivity contribution in [3.63, 3.8) is 0 Å². The highest BCUT2D eigenvalue weighted by Crippen LogP contribution is 2.19. The predicted molar refractivity (Wildman–Crippen MR) is 72.7 cm³/mol. The van der Waals surface area contributed by atoms with Gasteiger partial charge in [0.2, 0.25) is 5.91 Å². The SMILES string of the molecule is CC(C)(C(=O)N1CCN(CCCl)CC1)S(C)(=O)=O. The lowest BCUT2D eigenvalue weighted by Gasteiger charge is -2.37. The van der Waals surface area contributed by atoms with Gasteiger partial charge in [0.25, 0.3) is 0 Å². The standard InChI is InChI=1S/C11H21ClN2O3S/c1-11(2,18(3,16)17)10(15)14-8-6-13(5-4-12)7-9-14/h4-9H2,1-3H3. The van der Waals surface area contributed by atoms with Gasteiger partial charge in [0, 0.05) is 44.9 Å². The van der Waals surface area contributed by atoms with Crippen LogP contribution in [0.2, 0.25) is 0 Å². The fourth-order valence-corrected chi connectivity index (χ4v) is 2.52. The summed E-state index contributed by atoms with van der Waals surface area (Å²) in [5.74, 6) is 0.263. The molecule has 0 radical (unpaired) electrons. The lowest BCUT2D eigenvalue weighted by Crippen LogP contribution is -2.56. The van der Waals surface area contributed by atoms with E-state index in [-0.39, 0.29) is 5.91 Å². The van der Waals surface area contributed by atoms with Crippen LogP contribution < -0.4 is 0 Å². The number of nitrogens with zero attached hydrogens (tertiary/aromatic N) is 2. The van der Waals surface area contributed by atoms with Crippen LogP contribution >= 0.6 is 11.6 Å². The number of carbonyl (C=O) groups excluding carboxylic acids is 1. The number of carbonyl (C=O) groups is 1. The number of hydrogen-bond acceptors (Lipinski definition) is 4. The van der Waals surface area contributed by atoms with Gasteiger partial charge in [-0.25, -0.2) is 8.42 Å². The van der Waals surface area contributed by atoms with E-state index in [0.29, 0.717) is 19.0 Å². The minimum atomic E-state index is -3.40. The number of hydrogen-bond donors (Lipinski definition) is 0. The van der Waals surface area contributed by atoms with Gasteiger partial charge in [-0.1, -0.05) is 0 Å². The Morgan fingerprint density at radius 3 is 2.11 bits per heavy atom. The molecule has 106 valence electrons. The molecule has 0 atom stereocenters. The second-order valence-electron chi connectivity index (χ2n) is 5.11. The van der Waals surface area contributed by atoms with E-state index in [0.717, 1.165) is 25.9 Å². The molecule has 1 aliphatic rings. The predicted octanol–water partition coefficient (Wildman–Crippen LogP) is 0.193. The summed E-state index contributed by atoms with van der Waals surface area (Å²) in [6.07, 6.45) is 1.11. The summed E-state index contributed by atoms with van der Waals surface area (Å²) in [4.78, 5) is 16.0. The summed E-state index contributed by atoms with van der Waals surface area (Å²) >= 11 is 5.66. The van der Waals surface area contributed by atoms with Crippen molar-refractivity contribution >= 4 is 27.3 Å². The Balaban J connectivity index is 2.66. The minimum Gasteiger partial charge on any atom is -0.339 e. The van der Waals surface area contributed by atoms with Gasteiger partial charge in [-0.05, 0) is 13.8 Å². The first kappa shape index (κ1) is 15.7. The third-order valence-electron chi connectivity index (χ3n) is 3.50. The molecule has 1 aliphatic heterocycles. The van der Waals surface area contributed by atoms with Crippen LogP contribution in [-0.2, 0) is 14.6 Å². The average molecular weight is 297 g/mol. The Labute approximate surface area is 114 Å². The zero-order chi connectivity index (χ0) is 14.0. The van der Waals surface area contributed by atoms with E-state index in [9.17, 15) is 13.2 Å². The Morgan fingerprint density at radius 2 is 1.72 bits per heavy atom. The largest absolute Gasteiger partial charge is 0.339 e. The number of amides is 1. The van der Waals surface area contributed by atoms with Crippen LogP contribution in [0, 0.1) is 0 Å². The van der Waals surface area contributed by atoms with E-state index in [2.05, 4.69) is 4.90 Å². The molecule has 1 heterocycles. The van der Waals surface area contributed by atoms with E-state index >= 15 is 0 Å². The molecule has 7 heteroatoms. The van der Waals surface area contributed by atoms with Gasteiger partial charge in [-0.3, -0.25) is 9.69 Å². The van der Waals surface area contributed by atoms with Crippen molar-refractivity contribution in [3.8, 4) is 0 Å². The van der Waals surface area contributed by atoms with Crippen LogP contribution in [0.15, 0.2) is 0 Å². The van der Waals surface area contributed by atoms with E-state index in [4.69, 9.17) is 11.6 Å². The number of piperazine rings is 1. The highest BCUT2D eigenvalue weighted by molar-refractivity contribution is 7.92. The highest BCUT2D eigenvalue weighted by atomic mass is 35.5. The number of halogens is 1. The molecule has 0 N–H and O–H groups in total. The smallest absolute Gasteiger partial charge is 0.243 e. The van der Waals surface area contributed by atoms with Crippen LogP contribution in [0.1, 0.15) is 13.8 Å². The van der Waals surface area contributed by atoms with Gasteiger partial charge in [-0.15, -0.1) is 11.6 Å². The van der Waals surface area contributed by atoms with Gasteiger partial charge >= 0.3 is 0 Å². The first-order chi connectivity index (χ1) is 8.20. The van der Waals surface area contributed by atoms with E-state index in [1.54, 1.807) is 4.90 Å². The second kappa shape index (κ2) is 5.75. The summed E-state index contributed by atoms with van der Waals surface area (Å²) in [7, 11) is -3.40. The zero-order valence-corrected chi connectivity index (χ0v) is 12.7. The van der Waals surface area contributed by atoms with Gasteiger partial charge in [-0.2, -0.15) is 0 Å². The van der Waals surface area contributed by atoms with Crippen LogP contribution in [0.4, 0.5) is 0 Å². The zero-order valence-electron chi connectivity index (χ0n) is 11.1. The normalized spacial score (nSPS) is 19.0. The summed E-state index contributed by atoms with van der Waals surface area (Å²) in [5.41, 5.74) is 0. The molecule has 0 unspecified atom stereocenters. The molecule has 5 nitrogen and oxygen atoms in total. The molecule has 0 aromatic carbocycles. The molecule has 1 amide bonds. The Bertz CT molecular complexity index is 401. The summed E-state index contributed by atoms with van der Waals surface area (Å²) < 4.78 is 21.9. The van der Waals surface area contributed by atoms with Gasteiger partial charge in [0.15, 0.2) is 9.84 Å². The van der Waals surface area contributed by atoms with Crippen molar-refractivity contribution in [3.05, 3.63) is 0 Å². The van der Waals surface area contributed by atoms with Crippen molar-refractivity contribution in [2.75, 3.05) is 44.9 Å². The number of rotatable bonds is 4. The lowest BCUT2D eigenvalue weighted by molar-refractivity contribution is -0.134. The molecular weight excluding hydrogens is 276 g/mol. The van der Waals surface area contributed by atoms with E-state index in [1.165, 1.54) is 13.8 Å². The monoisotopic (exact) mass is 296 g/mol. The third kappa shape index (κ3) is 3.36. The van der Waals surface area contributed by atoms with Crippen molar-refractivity contribution in [1.82, 2.24) is 9.80 Å². The molecule has 18 heavy (non-hydrogen) atoms. The molecule has 0 aliphatic carbocycles. The summed E-state index contributed by atoms with van der Waals surface area (Å²) in [6.45, 7) is 6.37. The summed E-state index contributed by atoms with van der Waals surface area (Å²) in [6, 6.07) is 0. The first-order valence-electron chi connectivity index (χ1n) is 5.97. The number of alkyl halides is 1. The maximum Gasteiger partial charge on any atom is 0.243 e. The first-order valence-corrected chi connectivity index (χ1v) is 8.40. The van der Waals surface area contributed by atoms with Crippen LogP contribution in [0.5, 0.6) is 0 Å². The fourth-order valence-electron chi connectivity index (χ4n) is 1.83. The maximum absolute atomic E-state index is 12.2. The molecule has 0 bridgehead atoms. The van der Waals surface area contributed by atoms with Crippen molar-refractivity contribution in [1.29, 1.82) is 0 Å². The maximum atomic E-state index is 12.2. The number of sulfone groups is 1. The molecule has 0 aromatic heterocycles. The molecule has 1 fully saturated rings. The third-order valence-corrected chi connectivity index (χ3v) is 5.70. The average Bonchev–Trinajstić information content (AvgIpc) is 2.28. The van der Waals surface area contributed by atoms with Gasteiger partial charge in [0.1, 0.15) is 4.75 Å². The minimum absolute atomic E-state index is 0.310. The Hall–Kier alpha value is -0.330. The van der Waals surface area contributed by atoms with E-state index in [1.807, 2.05) is 0 Å². The second-order valence-corrected chi connectivity index (χ2v) is 8.05.